The summed E-state index contributed by atoms with van der Waals surface area (Å²) in [6, 6.07) is 7.42. The predicted molar refractivity (Wildman–Crippen MR) is 79.8 cm³/mol. The molecular weight excluding hydrogens is 279 g/mol. The smallest absolute Gasteiger partial charge is 0.224 e. The second-order valence-electron chi connectivity index (χ2n) is 4.46. The molecule has 1 aromatic carbocycles. The van der Waals surface area contributed by atoms with Gasteiger partial charge in [-0.25, -0.2) is 9.37 Å². The zero-order chi connectivity index (χ0) is 14.7. The second-order valence-corrected chi connectivity index (χ2v) is 4.89. The molecule has 0 fully saturated rings. The number of hydrogen-bond acceptors (Lipinski definition) is 4. The van der Waals surface area contributed by atoms with E-state index in [4.69, 9.17) is 11.6 Å². The molecule has 0 bridgehead atoms. The van der Waals surface area contributed by atoms with Crippen molar-refractivity contribution in [1.29, 1.82) is 0 Å². The van der Waals surface area contributed by atoms with Gasteiger partial charge in [0.15, 0.2) is 11.6 Å². The van der Waals surface area contributed by atoms with Gasteiger partial charge < -0.3 is 10.2 Å². The van der Waals surface area contributed by atoms with Crippen LogP contribution in [0.15, 0.2) is 30.5 Å². The summed E-state index contributed by atoms with van der Waals surface area (Å²) in [5, 5.41) is 3.46. The topological polar surface area (TPSA) is 41.1 Å². The number of anilines is 2. The summed E-state index contributed by atoms with van der Waals surface area (Å²) in [6.07, 6.45) is 1.16. The Balaban J connectivity index is 2.33. The average molecular weight is 295 g/mol. The number of nitrogens with zero attached hydrogens (tertiary/aromatic N) is 3. The summed E-state index contributed by atoms with van der Waals surface area (Å²) < 4.78 is 13.9. The fourth-order valence-electron chi connectivity index (χ4n) is 1.90. The molecular formula is C14H16ClFN4. The summed E-state index contributed by atoms with van der Waals surface area (Å²) in [7, 11) is 3.48. The summed E-state index contributed by atoms with van der Waals surface area (Å²) in [4.78, 5) is 9.75. The number of halogens is 2. The molecule has 1 atom stereocenters. The van der Waals surface area contributed by atoms with Crippen molar-refractivity contribution in [2.45, 2.75) is 13.0 Å². The minimum atomic E-state index is -0.458. The van der Waals surface area contributed by atoms with Crippen LogP contribution in [0.2, 0.25) is 5.02 Å². The van der Waals surface area contributed by atoms with Crippen LogP contribution < -0.4 is 10.2 Å². The van der Waals surface area contributed by atoms with Crippen molar-refractivity contribution < 1.29 is 4.39 Å². The molecule has 106 valence electrons. The van der Waals surface area contributed by atoms with Gasteiger partial charge in [0.2, 0.25) is 5.95 Å². The Morgan fingerprint density at radius 1 is 1.40 bits per heavy atom. The number of aromatic nitrogens is 2. The molecule has 0 aliphatic heterocycles. The largest absolute Gasteiger partial charge is 0.357 e. The Morgan fingerprint density at radius 2 is 2.15 bits per heavy atom. The van der Waals surface area contributed by atoms with Crippen LogP contribution in [-0.2, 0) is 0 Å². The van der Waals surface area contributed by atoms with Gasteiger partial charge in [0.05, 0.1) is 12.2 Å². The molecule has 0 spiro atoms. The van der Waals surface area contributed by atoms with Crippen molar-refractivity contribution in [1.82, 2.24) is 9.97 Å². The minimum Gasteiger partial charge on any atom is -0.357 e. The SMILES string of the molecule is CNc1ncc(F)c(N(C)C(C)c2cccc(Cl)c2)n1. The molecule has 0 aliphatic rings. The Labute approximate surface area is 122 Å². The fourth-order valence-corrected chi connectivity index (χ4v) is 2.10. The van der Waals surface area contributed by atoms with E-state index in [-0.39, 0.29) is 11.9 Å². The highest BCUT2D eigenvalue weighted by atomic mass is 35.5. The van der Waals surface area contributed by atoms with Crippen LogP contribution in [0, 0.1) is 5.82 Å². The standard InChI is InChI=1S/C14H16ClFN4/c1-9(10-5-4-6-11(15)7-10)20(3)13-12(16)8-18-14(17-2)19-13/h4-9H,1-3H3,(H,17,18,19). The lowest BCUT2D eigenvalue weighted by Crippen LogP contribution is -2.24. The van der Waals surface area contributed by atoms with Crippen molar-refractivity contribution in [3.8, 4) is 0 Å². The third-order valence-electron chi connectivity index (χ3n) is 3.20. The minimum absolute atomic E-state index is 0.0668. The van der Waals surface area contributed by atoms with Gasteiger partial charge in [0.1, 0.15) is 0 Å². The molecule has 4 nitrogen and oxygen atoms in total. The number of benzene rings is 1. The van der Waals surface area contributed by atoms with Gasteiger partial charge in [-0.3, -0.25) is 0 Å². The lowest BCUT2D eigenvalue weighted by atomic mass is 10.1. The van der Waals surface area contributed by atoms with E-state index in [9.17, 15) is 4.39 Å². The molecule has 0 saturated heterocycles. The van der Waals surface area contributed by atoms with Gasteiger partial charge >= 0.3 is 0 Å². The summed E-state index contributed by atoms with van der Waals surface area (Å²) in [5.41, 5.74) is 0.990. The molecule has 1 aromatic heterocycles. The first-order valence-corrected chi connectivity index (χ1v) is 6.59. The molecule has 1 N–H and O–H groups in total. The number of nitrogens with one attached hydrogen (secondary N) is 1. The lowest BCUT2D eigenvalue weighted by Gasteiger charge is -2.26. The first-order chi connectivity index (χ1) is 9.52. The summed E-state index contributed by atoms with van der Waals surface area (Å²) in [5.74, 6) is 0.170. The van der Waals surface area contributed by atoms with E-state index < -0.39 is 5.82 Å². The van der Waals surface area contributed by atoms with Gasteiger partial charge in [0.25, 0.3) is 0 Å². The van der Waals surface area contributed by atoms with Gasteiger partial charge in [-0.1, -0.05) is 23.7 Å². The highest BCUT2D eigenvalue weighted by molar-refractivity contribution is 6.30. The van der Waals surface area contributed by atoms with Crippen molar-refractivity contribution >= 4 is 23.4 Å². The molecule has 1 heterocycles. The first-order valence-electron chi connectivity index (χ1n) is 6.21. The van der Waals surface area contributed by atoms with Gasteiger partial charge in [0, 0.05) is 19.1 Å². The Hall–Kier alpha value is -1.88. The second kappa shape index (κ2) is 6.05. The highest BCUT2D eigenvalue weighted by Crippen LogP contribution is 2.27. The third-order valence-corrected chi connectivity index (χ3v) is 3.43. The molecule has 0 aliphatic carbocycles. The van der Waals surface area contributed by atoms with Crippen molar-refractivity contribution in [3.05, 3.63) is 46.9 Å². The van der Waals surface area contributed by atoms with E-state index in [1.807, 2.05) is 31.2 Å². The van der Waals surface area contributed by atoms with E-state index in [0.29, 0.717) is 11.0 Å². The monoisotopic (exact) mass is 294 g/mol. The maximum Gasteiger partial charge on any atom is 0.224 e. The van der Waals surface area contributed by atoms with Crippen LogP contribution >= 0.6 is 11.6 Å². The fraction of sp³-hybridized carbons (Fsp3) is 0.286. The zero-order valence-corrected chi connectivity index (χ0v) is 12.3. The Bertz CT molecular complexity index is 605. The normalized spacial score (nSPS) is 12.1. The zero-order valence-electron chi connectivity index (χ0n) is 11.6. The first kappa shape index (κ1) is 14.5. The van der Waals surface area contributed by atoms with E-state index in [1.165, 1.54) is 0 Å². The van der Waals surface area contributed by atoms with Crippen molar-refractivity contribution in [3.63, 3.8) is 0 Å². The highest BCUT2D eigenvalue weighted by Gasteiger charge is 2.18. The molecule has 0 saturated carbocycles. The van der Waals surface area contributed by atoms with Gasteiger partial charge in [-0.15, -0.1) is 0 Å². The van der Waals surface area contributed by atoms with Crippen LogP contribution in [0.4, 0.5) is 16.2 Å². The van der Waals surface area contributed by atoms with Crippen molar-refractivity contribution in [2.24, 2.45) is 0 Å². The van der Waals surface area contributed by atoms with Crippen LogP contribution in [0.25, 0.3) is 0 Å². The van der Waals surface area contributed by atoms with Crippen molar-refractivity contribution in [2.75, 3.05) is 24.3 Å². The molecule has 1 unspecified atom stereocenters. The molecule has 2 rings (SSSR count). The van der Waals surface area contributed by atoms with Crippen LogP contribution in [0.1, 0.15) is 18.5 Å². The summed E-state index contributed by atoms with van der Waals surface area (Å²) >= 11 is 5.99. The molecule has 0 amide bonds. The van der Waals surface area contributed by atoms with Crippen LogP contribution in [0.5, 0.6) is 0 Å². The van der Waals surface area contributed by atoms with Gasteiger partial charge in [-0.05, 0) is 24.6 Å². The predicted octanol–water partition coefficient (Wildman–Crippen LogP) is 3.51. The Morgan fingerprint density at radius 3 is 2.80 bits per heavy atom. The van der Waals surface area contributed by atoms with E-state index >= 15 is 0 Å². The van der Waals surface area contributed by atoms with E-state index in [2.05, 4.69) is 15.3 Å². The van der Waals surface area contributed by atoms with E-state index in [0.717, 1.165) is 11.8 Å². The molecule has 20 heavy (non-hydrogen) atoms. The Kier molecular flexibility index (Phi) is 4.39. The third kappa shape index (κ3) is 2.99. The average Bonchev–Trinajstić information content (AvgIpc) is 2.46. The van der Waals surface area contributed by atoms with Gasteiger partial charge in [-0.2, -0.15) is 4.98 Å². The number of rotatable bonds is 4. The lowest BCUT2D eigenvalue weighted by molar-refractivity contribution is 0.596. The van der Waals surface area contributed by atoms with Crippen LogP contribution in [0.3, 0.4) is 0 Å². The quantitative estimate of drug-likeness (QED) is 0.937. The number of hydrogen-bond donors (Lipinski definition) is 1. The maximum absolute atomic E-state index is 13.9. The maximum atomic E-state index is 13.9. The molecule has 6 heteroatoms. The van der Waals surface area contributed by atoms with Crippen LogP contribution in [-0.4, -0.2) is 24.1 Å². The van der Waals surface area contributed by atoms with E-state index in [1.54, 1.807) is 19.0 Å². The molecule has 0 radical (unpaired) electrons. The summed E-state index contributed by atoms with van der Waals surface area (Å²) in [6.45, 7) is 1.96. The molecule has 2 aromatic rings.